The van der Waals surface area contributed by atoms with Gasteiger partial charge in [0.25, 0.3) is 0 Å². The second-order valence-electron chi connectivity index (χ2n) is 13.7. The molecule has 7 heteroatoms. The standard InChI is InChI=1S/C32H40O7/c1-14(2)17-11-19(29(6,7)8)24(34)21-18(17)12-30(9)13-31(10)22(15(3)4)25(35)20(16(5)33)27(37)32(31,39)28(38)23(30)26(21)36/h11,15,22,34,36-37,39H,1,12-13H2,2-10H3/t22?,30-,31-,32+/m1/s1. The SMILES string of the molecule is C=C(C)c1cc(C(C)(C)C)c(O)c2c1C[C@]1(C)C[C@]3(C)C(C(C)C)C(=O)C(C(C)=O)=C(O)[C@]3(O)C(=O)C1=C2O. The number of aliphatic hydroxyl groups is 3. The largest absolute Gasteiger partial charge is 0.508 e. The minimum atomic E-state index is -2.62. The Labute approximate surface area is 229 Å². The molecule has 0 radical (unpaired) electrons. The molecule has 1 aromatic carbocycles. The molecule has 1 unspecified atom stereocenters. The Morgan fingerprint density at radius 2 is 1.67 bits per heavy atom. The summed E-state index contributed by atoms with van der Waals surface area (Å²) in [6, 6.07) is 1.87. The molecule has 0 saturated heterocycles. The van der Waals surface area contributed by atoms with Crippen LogP contribution in [0.25, 0.3) is 11.3 Å². The van der Waals surface area contributed by atoms with Crippen LogP contribution in [0.1, 0.15) is 91.0 Å². The van der Waals surface area contributed by atoms with Gasteiger partial charge >= 0.3 is 0 Å². The Morgan fingerprint density at radius 1 is 1.10 bits per heavy atom. The van der Waals surface area contributed by atoms with Crippen LogP contribution < -0.4 is 0 Å². The van der Waals surface area contributed by atoms with E-state index >= 15 is 0 Å². The molecule has 4 atom stereocenters. The van der Waals surface area contributed by atoms with Gasteiger partial charge in [-0.2, -0.15) is 0 Å². The van der Waals surface area contributed by atoms with Crippen molar-refractivity contribution >= 4 is 28.7 Å². The van der Waals surface area contributed by atoms with Gasteiger partial charge in [-0.25, -0.2) is 0 Å². The molecular weight excluding hydrogens is 496 g/mol. The number of phenols is 1. The van der Waals surface area contributed by atoms with Gasteiger partial charge in [-0.3, -0.25) is 14.4 Å². The van der Waals surface area contributed by atoms with Crippen molar-refractivity contribution in [2.75, 3.05) is 0 Å². The number of ketones is 3. The molecule has 4 rings (SSSR count). The lowest BCUT2D eigenvalue weighted by atomic mass is 9.43. The molecule has 0 aliphatic heterocycles. The number of phenolic OH excluding ortho intramolecular Hbond substituents is 1. The highest BCUT2D eigenvalue weighted by Crippen LogP contribution is 2.65. The van der Waals surface area contributed by atoms with E-state index in [0.717, 1.165) is 18.1 Å². The third-order valence-corrected chi connectivity index (χ3v) is 9.27. The molecule has 0 spiro atoms. The van der Waals surface area contributed by atoms with E-state index in [1.165, 1.54) is 0 Å². The number of rotatable bonds is 3. The topological polar surface area (TPSA) is 132 Å². The zero-order chi connectivity index (χ0) is 29.8. The second kappa shape index (κ2) is 8.40. The monoisotopic (exact) mass is 536 g/mol. The molecular formula is C32H40O7. The Kier molecular flexibility index (Phi) is 6.21. The van der Waals surface area contributed by atoms with Crippen LogP contribution in [-0.4, -0.2) is 43.4 Å². The second-order valence-corrected chi connectivity index (χ2v) is 13.7. The van der Waals surface area contributed by atoms with E-state index in [9.17, 15) is 34.8 Å². The minimum absolute atomic E-state index is 0.0579. The van der Waals surface area contributed by atoms with Crippen LogP contribution in [-0.2, 0) is 26.2 Å². The van der Waals surface area contributed by atoms with Crippen LogP contribution in [0.3, 0.4) is 0 Å². The fraction of sp³-hybridized carbons (Fsp3) is 0.531. The molecule has 1 fully saturated rings. The molecule has 0 amide bonds. The molecule has 0 heterocycles. The van der Waals surface area contributed by atoms with Gasteiger partial charge in [0.2, 0.25) is 5.78 Å². The number of benzene rings is 1. The molecule has 4 N–H and O–H groups in total. The number of carbonyl (C=O) groups excluding carboxylic acids is 3. The first-order valence-corrected chi connectivity index (χ1v) is 13.4. The van der Waals surface area contributed by atoms with Gasteiger partial charge < -0.3 is 20.4 Å². The van der Waals surface area contributed by atoms with Gasteiger partial charge in [0.15, 0.2) is 17.2 Å². The van der Waals surface area contributed by atoms with Crippen LogP contribution in [0.2, 0.25) is 0 Å². The van der Waals surface area contributed by atoms with E-state index in [0.29, 0.717) is 11.1 Å². The maximum absolute atomic E-state index is 14.4. The van der Waals surface area contributed by atoms with Crippen molar-refractivity contribution in [3.8, 4) is 5.75 Å². The molecule has 1 aromatic rings. The molecule has 7 nitrogen and oxygen atoms in total. The molecule has 3 aliphatic rings. The van der Waals surface area contributed by atoms with Crippen molar-refractivity contribution < 1.29 is 34.8 Å². The van der Waals surface area contributed by atoms with Crippen molar-refractivity contribution in [1.29, 1.82) is 0 Å². The van der Waals surface area contributed by atoms with Gasteiger partial charge in [-0.1, -0.05) is 60.6 Å². The van der Waals surface area contributed by atoms with E-state index in [2.05, 4.69) is 6.58 Å². The van der Waals surface area contributed by atoms with Gasteiger partial charge in [0.1, 0.15) is 22.8 Å². The molecule has 39 heavy (non-hydrogen) atoms. The third kappa shape index (κ3) is 3.55. The number of aromatic hydroxyl groups is 1. The van der Waals surface area contributed by atoms with Crippen molar-refractivity contribution in [2.45, 2.75) is 86.2 Å². The number of fused-ring (bicyclic) bond motifs is 3. The van der Waals surface area contributed by atoms with E-state index in [4.69, 9.17) is 0 Å². The lowest BCUT2D eigenvalue weighted by molar-refractivity contribution is -0.178. The Balaban J connectivity index is 2.14. The molecule has 210 valence electrons. The fourth-order valence-electron chi connectivity index (χ4n) is 7.74. The molecule has 0 aromatic heterocycles. The summed E-state index contributed by atoms with van der Waals surface area (Å²) in [5, 5.41) is 46.7. The lowest BCUT2D eigenvalue weighted by Gasteiger charge is -2.59. The van der Waals surface area contributed by atoms with E-state index in [1.807, 2.05) is 33.8 Å². The van der Waals surface area contributed by atoms with Gasteiger partial charge in [0.05, 0.1) is 5.56 Å². The van der Waals surface area contributed by atoms with E-state index in [1.54, 1.807) is 27.7 Å². The van der Waals surface area contributed by atoms with E-state index in [-0.39, 0.29) is 35.6 Å². The average molecular weight is 537 g/mol. The summed E-state index contributed by atoms with van der Waals surface area (Å²) < 4.78 is 0. The van der Waals surface area contributed by atoms with Crippen molar-refractivity contribution in [3.05, 3.63) is 51.8 Å². The van der Waals surface area contributed by atoms with Crippen LogP contribution in [0.5, 0.6) is 5.75 Å². The summed E-state index contributed by atoms with van der Waals surface area (Å²) in [6.07, 6.45) is 0.282. The Hall–Kier alpha value is -3.19. The number of hydrogen-bond acceptors (Lipinski definition) is 7. The normalized spacial score (nSPS) is 30.8. The Bertz CT molecular complexity index is 1430. The first-order chi connectivity index (χ1) is 17.7. The van der Waals surface area contributed by atoms with E-state index < -0.39 is 62.2 Å². The highest BCUT2D eigenvalue weighted by molar-refractivity contribution is 6.24. The number of hydrogen-bond donors (Lipinski definition) is 4. The van der Waals surface area contributed by atoms with Crippen molar-refractivity contribution in [1.82, 2.24) is 0 Å². The number of aliphatic hydroxyl groups excluding tert-OH is 2. The summed E-state index contributed by atoms with van der Waals surface area (Å²) in [7, 11) is 0. The van der Waals surface area contributed by atoms with Crippen molar-refractivity contribution in [2.24, 2.45) is 22.7 Å². The van der Waals surface area contributed by atoms with Crippen molar-refractivity contribution in [3.63, 3.8) is 0 Å². The zero-order valence-corrected chi connectivity index (χ0v) is 24.4. The number of carbonyl (C=O) groups is 3. The summed E-state index contributed by atoms with van der Waals surface area (Å²) in [5.74, 6) is -5.22. The quantitative estimate of drug-likeness (QED) is 0.374. The maximum Gasteiger partial charge on any atom is 0.203 e. The molecule has 1 saturated carbocycles. The third-order valence-electron chi connectivity index (χ3n) is 9.27. The van der Waals surface area contributed by atoms with Crippen LogP contribution in [0, 0.1) is 22.7 Å². The minimum Gasteiger partial charge on any atom is -0.508 e. The average Bonchev–Trinajstić information content (AvgIpc) is 2.74. The van der Waals surface area contributed by atoms with Gasteiger partial charge in [0, 0.05) is 27.9 Å². The predicted molar refractivity (Wildman–Crippen MR) is 149 cm³/mol. The zero-order valence-electron chi connectivity index (χ0n) is 24.4. The van der Waals surface area contributed by atoms with Crippen LogP contribution in [0.4, 0.5) is 0 Å². The summed E-state index contributed by atoms with van der Waals surface area (Å²) in [5.41, 5.74) is -3.60. The van der Waals surface area contributed by atoms with Gasteiger partial charge in [-0.15, -0.1) is 0 Å². The predicted octanol–water partition coefficient (Wildman–Crippen LogP) is 5.52. The smallest absolute Gasteiger partial charge is 0.203 e. The highest BCUT2D eigenvalue weighted by atomic mass is 16.3. The number of Topliss-reactive ketones (excluding diaryl/α,β-unsaturated/α-hetero) is 3. The number of allylic oxidation sites excluding steroid dienone is 2. The first kappa shape index (κ1) is 28.8. The Morgan fingerprint density at radius 3 is 2.13 bits per heavy atom. The summed E-state index contributed by atoms with van der Waals surface area (Å²) in [6.45, 7) is 19.8. The maximum atomic E-state index is 14.4. The fourth-order valence-corrected chi connectivity index (χ4v) is 7.74. The summed E-state index contributed by atoms with van der Waals surface area (Å²) in [4.78, 5) is 40.5. The summed E-state index contributed by atoms with van der Waals surface area (Å²) >= 11 is 0. The van der Waals surface area contributed by atoms with Gasteiger partial charge in [-0.05, 0) is 55.2 Å². The first-order valence-electron chi connectivity index (χ1n) is 13.4. The van der Waals surface area contributed by atoms with Crippen LogP contribution in [0.15, 0.2) is 29.6 Å². The molecule has 0 bridgehead atoms. The lowest BCUT2D eigenvalue weighted by Crippen LogP contribution is -2.69. The molecule has 3 aliphatic carbocycles. The van der Waals surface area contributed by atoms with Crippen LogP contribution >= 0.6 is 0 Å². The highest BCUT2D eigenvalue weighted by Gasteiger charge is 2.72.